The van der Waals surface area contributed by atoms with Crippen LogP contribution in [-0.2, 0) is 11.3 Å². The second-order valence-electron chi connectivity index (χ2n) is 4.45. The average Bonchev–Trinajstić information content (AvgIpc) is 2.97. The third-order valence-corrected chi connectivity index (χ3v) is 2.75. The van der Waals surface area contributed by atoms with E-state index in [0.717, 1.165) is 12.8 Å². The summed E-state index contributed by atoms with van der Waals surface area (Å²) in [7, 11) is 0. The van der Waals surface area contributed by atoms with E-state index < -0.39 is 0 Å². The lowest BCUT2D eigenvalue weighted by molar-refractivity contribution is -0.121. The van der Waals surface area contributed by atoms with Crippen LogP contribution in [0.15, 0.2) is 36.9 Å². The number of unbranched alkanes of at least 4 members (excludes halogenated alkanes) is 1. The Morgan fingerprint density at radius 1 is 1.29 bits per heavy atom. The molecule has 0 aliphatic rings. The lowest BCUT2D eigenvalue weighted by Crippen LogP contribution is -2.28. The van der Waals surface area contributed by atoms with Gasteiger partial charge < -0.3 is 10.1 Å². The molecule has 0 aliphatic carbocycles. The average molecular weight is 292 g/mol. The smallest absolute Gasteiger partial charge is 0.241 e. The number of aromatic nitrogens is 3. The van der Waals surface area contributed by atoms with Crippen molar-refractivity contribution in [1.29, 1.82) is 0 Å². The summed E-state index contributed by atoms with van der Waals surface area (Å²) in [5, 5.41) is 6.65. The summed E-state index contributed by atoms with van der Waals surface area (Å²) in [6, 6.07) is 5.91. The van der Waals surface area contributed by atoms with Crippen molar-refractivity contribution in [3.8, 4) is 5.75 Å². The second kappa shape index (κ2) is 7.98. The van der Waals surface area contributed by atoms with Gasteiger partial charge in [-0.3, -0.25) is 4.79 Å². The molecule has 0 atom stereocenters. The molecule has 1 aromatic carbocycles. The first-order chi connectivity index (χ1) is 10.2. The largest absolute Gasteiger partial charge is 0.494 e. The zero-order valence-electron chi connectivity index (χ0n) is 11.5. The summed E-state index contributed by atoms with van der Waals surface area (Å²) >= 11 is 0. The van der Waals surface area contributed by atoms with E-state index in [0.29, 0.717) is 18.9 Å². The van der Waals surface area contributed by atoms with Gasteiger partial charge in [-0.2, -0.15) is 5.10 Å². The first kappa shape index (κ1) is 15.0. The first-order valence-corrected chi connectivity index (χ1v) is 6.71. The molecule has 1 heterocycles. The second-order valence-corrected chi connectivity index (χ2v) is 4.45. The van der Waals surface area contributed by atoms with E-state index in [4.69, 9.17) is 4.74 Å². The minimum Gasteiger partial charge on any atom is -0.494 e. The number of ether oxygens (including phenoxy) is 1. The lowest BCUT2D eigenvalue weighted by Gasteiger charge is -2.07. The van der Waals surface area contributed by atoms with Crippen LogP contribution in [0.4, 0.5) is 4.39 Å². The first-order valence-electron chi connectivity index (χ1n) is 6.71. The predicted molar refractivity (Wildman–Crippen MR) is 74.2 cm³/mol. The third kappa shape index (κ3) is 5.60. The van der Waals surface area contributed by atoms with Gasteiger partial charge in [0, 0.05) is 6.54 Å². The van der Waals surface area contributed by atoms with Gasteiger partial charge >= 0.3 is 0 Å². The Balaban J connectivity index is 1.52. The fraction of sp³-hybridized carbons (Fsp3) is 0.357. The Morgan fingerprint density at radius 3 is 2.81 bits per heavy atom. The number of nitrogens with zero attached hydrogens (tertiary/aromatic N) is 3. The minimum absolute atomic E-state index is 0.0973. The van der Waals surface area contributed by atoms with Crippen molar-refractivity contribution in [2.75, 3.05) is 13.2 Å². The number of benzene rings is 1. The van der Waals surface area contributed by atoms with Crippen LogP contribution < -0.4 is 10.1 Å². The van der Waals surface area contributed by atoms with Gasteiger partial charge in [-0.25, -0.2) is 14.1 Å². The summed E-state index contributed by atoms with van der Waals surface area (Å²) < 4.78 is 19.6. The van der Waals surface area contributed by atoms with Crippen molar-refractivity contribution < 1.29 is 13.9 Å². The highest BCUT2D eigenvalue weighted by molar-refractivity contribution is 5.75. The molecule has 2 aromatic rings. The maximum Gasteiger partial charge on any atom is 0.241 e. The van der Waals surface area contributed by atoms with E-state index in [-0.39, 0.29) is 18.3 Å². The van der Waals surface area contributed by atoms with Crippen molar-refractivity contribution in [2.45, 2.75) is 19.4 Å². The summed E-state index contributed by atoms with van der Waals surface area (Å²) in [5.41, 5.74) is 0. The Morgan fingerprint density at radius 2 is 2.10 bits per heavy atom. The highest BCUT2D eigenvalue weighted by Gasteiger charge is 2.02. The number of halogens is 1. The van der Waals surface area contributed by atoms with Gasteiger partial charge in [0.1, 0.15) is 30.8 Å². The van der Waals surface area contributed by atoms with Crippen LogP contribution in [0.25, 0.3) is 0 Å². The zero-order valence-corrected chi connectivity index (χ0v) is 11.5. The quantitative estimate of drug-likeness (QED) is 0.747. The maximum atomic E-state index is 12.7. The molecule has 21 heavy (non-hydrogen) atoms. The lowest BCUT2D eigenvalue weighted by atomic mass is 10.3. The van der Waals surface area contributed by atoms with Gasteiger partial charge in [0.05, 0.1) is 6.61 Å². The van der Waals surface area contributed by atoms with Gasteiger partial charge in [-0.1, -0.05) is 0 Å². The van der Waals surface area contributed by atoms with Crippen LogP contribution >= 0.6 is 0 Å². The fourth-order valence-corrected chi connectivity index (χ4v) is 1.69. The van der Waals surface area contributed by atoms with Crippen molar-refractivity contribution in [1.82, 2.24) is 20.1 Å². The molecule has 0 bridgehead atoms. The molecular weight excluding hydrogens is 275 g/mol. The molecule has 7 heteroatoms. The number of hydrogen-bond acceptors (Lipinski definition) is 4. The minimum atomic E-state index is -0.280. The van der Waals surface area contributed by atoms with Gasteiger partial charge in [0.25, 0.3) is 0 Å². The highest BCUT2D eigenvalue weighted by Crippen LogP contribution is 2.11. The molecule has 6 nitrogen and oxygen atoms in total. The standard InChI is InChI=1S/C14H17FN4O2/c15-12-3-5-13(6-4-12)21-8-2-1-7-17-14(20)9-19-11-16-10-18-19/h3-6,10-11H,1-2,7-9H2,(H,17,20). The zero-order chi connectivity index (χ0) is 14.9. The number of carbonyl (C=O) groups excluding carboxylic acids is 1. The van der Waals surface area contributed by atoms with E-state index in [9.17, 15) is 9.18 Å². The number of hydrogen-bond donors (Lipinski definition) is 1. The van der Waals surface area contributed by atoms with Gasteiger partial charge in [0.2, 0.25) is 5.91 Å². The van der Waals surface area contributed by atoms with Crippen LogP contribution in [0.2, 0.25) is 0 Å². The van der Waals surface area contributed by atoms with Crippen LogP contribution in [0, 0.1) is 5.82 Å². The van der Waals surface area contributed by atoms with E-state index in [1.807, 2.05) is 0 Å². The molecule has 1 aromatic heterocycles. The number of carbonyl (C=O) groups is 1. The van der Waals surface area contributed by atoms with Crippen LogP contribution in [0.3, 0.4) is 0 Å². The summed E-state index contributed by atoms with van der Waals surface area (Å²) in [6.45, 7) is 1.29. The summed E-state index contributed by atoms with van der Waals surface area (Å²) in [4.78, 5) is 15.3. The van der Waals surface area contributed by atoms with E-state index in [1.54, 1.807) is 12.1 Å². The SMILES string of the molecule is O=C(Cn1cncn1)NCCCCOc1ccc(F)cc1. The van der Waals surface area contributed by atoms with Crippen LogP contribution in [0.5, 0.6) is 5.75 Å². The van der Waals surface area contributed by atoms with Gasteiger partial charge in [-0.05, 0) is 37.1 Å². The maximum absolute atomic E-state index is 12.7. The molecule has 2 rings (SSSR count). The number of nitrogens with one attached hydrogen (secondary N) is 1. The van der Waals surface area contributed by atoms with Crippen LogP contribution in [0.1, 0.15) is 12.8 Å². The molecule has 0 saturated carbocycles. The highest BCUT2D eigenvalue weighted by atomic mass is 19.1. The molecule has 1 N–H and O–H groups in total. The van der Waals surface area contributed by atoms with Crippen molar-refractivity contribution in [3.05, 3.63) is 42.7 Å². The Bertz CT molecular complexity index is 543. The van der Waals surface area contributed by atoms with Crippen molar-refractivity contribution in [3.63, 3.8) is 0 Å². The summed E-state index contributed by atoms with van der Waals surface area (Å²) in [6.07, 6.45) is 4.50. The molecule has 0 fully saturated rings. The normalized spacial score (nSPS) is 10.3. The predicted octanol–water partition coefficient (Wildman–Crippen LogP) is 1.39. The van der Waals surface area contributed by atoms with Crippen LogP contribution in [-0.4, -0.2) is 33.8 Å². The molecule has 112 valence electrons. The van der Waals surface area contributed by atoms with E-state index >= 15 is 0 Å². The molecule has 0 radical (unpaired) electrons. The number of rotatable bonds is 8. The topological polar surface area (TPSA) is 69.0 Å². The molecule has 0 spiro atoms. The fourth-order valence-electron chi connectivity index (χ4n) is 1.69. The Labute approximate surface area is 121 Å². The van der Waals surface area contributed by atoms with Gasteiger partial charge in [-0.15, -0.1) is 0 Å². The monoisotopic (exact) mass is 292 g/mol. The molecule has 0 saturated heterocycles. The van der Waals surface area contributed by atoms with Crippen molar-refractivity contribution in [2.24, 2.45) is 0 Å². The summed E-state index contributed by atoms with van der Waals surface area (Å²) in [5.74, 6) is 0.268. The number of amides is 1. The molecule has 1 amide bonds. The molecule has 0 aliphatic heterocycles. The van der Waals surface area contributed by atoms with Gasteiger partial charge in [0.15, 0.2) is 0 Å². The Kier molecular flexibility index (Phi) is 5.69. The van der Waals surface area contributed by atoms with E-state index in [1.165, 1.54) is 29.5 Å². The Hall–Kier alpha value is -2.44. The third-order valence-electron chi connectivity index (χ3n) is 2.75. The molecule has 0 unspecified atom stereocenters. The van der Waals surface area contributed by atoms with E-state index in [2.05, 4.69) is 15.4 Å². The van der Waals surface area contributed by atoms with Crippen molar-refractivity contribution >= 4 is 5.91 Å². The molecular formula is C14H17FN4O2.